The molecule has 2 unspecified atom stereocenters. The van der Waals surface area contributed by atoms with E-state index in [-0.39, 0.29) is 18.5 Å². The number of hydrogen-bond acceptors (Lipinski definition) is 3. The maximum atomic E-state index is 12.7. The van der Waals surface area contributed by atoms with Gasteiger partial charge in [0.25, 0.3) is 0 Å². The standard InChI is InChI=1S/C11H11ClF3N3O2/c12-8-2-1-6(5-7(8)11(13,14)15)10(20)9(19)3-4-17-18-16/h1-2,5,9-10,19-20H,3-4H2. The van der Waals surface area contributed by atoms with Crippen molar-refractivity contribution in [1.29, 1.82) is 0 Å². The highest BCUT2D eigenvalue weighted by atomic mass is 35.5. The second kappa shape index (κ2) is 6.81. The average Bonchev–Trinajstić information content (AvgIpc) is 2.37. The molecule has 0 amide bonds. The number of alkyl halides is 3. The third-order valence-electron chi connectivity index (χ3n) is 2.59. The van der Waals surface area contributed by atoms with Crippen molar-refractivity contribution >= 4 is 11.6 Å². The summed E-state index contributed by atoms with van der Waals surface area (Å²) in [6, 6.07) is 2.88. The number of rotatable bonds is 5. The molecule has 0 radical (unpaired) electrons. The van der Waals surface area contributed by atoms with E-state index in [9.17, 15) is 23.4 Å². The zero-order chi connectivity index (χ0) is 15.3. The Balaban J connectivity index is 2.93. The summed E-state index contributed by atoms with van der Waals surface area (Å²) in [4.78, 5) is 2.46. The van der Waals surface area contributed by atoms with Crippen molar-refractivity contribution in [2.75, 3.05) is 6.54 Å². The minimum absolute atomic E-state index is 0.0742. The Bertz CT molecular complexity index is 518. The van der Waals surface area contributed by atoms with Crippen LogP contribution in [-0.4, -0.2) is 22.9 Å². The van der Waals surface area contributed by atoms with Crippen molar-refractivity contribution < 1.29 is 23.4 Å². The van der Waals surface area contributed by atoms with Gasteiger partial charge in [-0.3, -0.25) is 0 Å². The van der Waals surface area contributed by atoms with Crippen molar-refractivity contribution in [2.45, 2.75) is 24.8 Å². The highest BCUT2D eigenvalue weighted by Crippen LogP contribution is 2.36. The van der Waals surface area contributed by atoms with E-state index in [1.165, 1.54) is 6.07 Å². The topological polar surface area (TPSA) is 89.2 Å². The summed E-state index contributed by atoms with van der Waals surface area (Å²) < 4.78 is 38.0. The second-order valence-corrected chi connectivity index (χ2v) is 4.40. The molecule has 0 saturated carbocycles. The van der Waals surface area contributed by atoms with E-state index in [1.807, 2.05) is 0 Å². The lowest BCUT2D eigenvalue weighted by Crippen LogP contribution is -2.20. The highest BCUT2D eigenvalue weighted by molar-refractivity contribution is 6.31. The first-order valence-corrected chi connectivity index (χ1v) is 5.88. The first-order chi connectivity index (χ1) is 9.27. The Kier molecular flexibility index (Phi) is 5.64. The number of halogens is 4. The third-order valence-corrected chi connectivity index (χ3v) is 2.92. The maximum absolute atomic E-state index is 12.7. The van der Waals surface area contributed by atoms with E-state index in [4.69, 9.17) is 17.1 Å². The first-order valence-electron chi connectivity index (χ1n) is 5.51. The minimum Gasteiger partial charge on any atom is -0.390 e. The monoisotopic (exact) mass is 309 g/mol. The SMILES string of the molecule is [N-]=[N+]=NCCC(O)C(O)c1ccc(Cl)c(C(F)(F)F)c1. The minimum atomic E-state index is -4.65. The molecule has 2 atom stereocenters. The van der Waals surface area contributed by atoms with Crippen LogP contribution in [0.25, 0.3) is 10.4 Å². The predicted octanol–water partition coefficient (Wildman–Crippen LogP) is 3.45. The molecule has 1 aromatic carbocycles. The molecule has 9 heteroatoms. The Labute approximate surface area is 117 Å². The van der Waals surface area contributed by atoms with Crippen molar-refractivity contribution in [3.05, 3.63) is 44.8 Å². The van der Waals surface area contributed by atoms with Crippen LogP contribution in [0.1, 0.15) is 23.7 Å². The molecule has 20 heavy (non-hydrogen) atoms. The molecule has 0 spiro atoms. The van der Waals surface area contributed by atoms with Gasteiger partial charge >= 0.3 is 6.18 Å². The van der Waals surface area contributed by atoms with Crippen LogP contribution in [0.2, 0.25) is 5.02 Å². The highest BCUT2D eigenvalue weighted by Gasteiger charge is 2.34. The van der Waals surface area contributed by atoms with E-state index >= 15 is 0 Å². The summed E-state index contributed by atoms with van der Waals surface area (Å²) in [7, 11) is 0. The molecule has 1 rings (SSSR count). The number of benzene rings is 1. The summed E-state index contributed by atoms with van der Waals surface area (Å²) in [5, 5.41) is 22.1. The van der Waals surface area contributed by atoms with Crippen LogP contribution in [-0.2, 0) is 6.18 Å². The molecule has 1 aromatic rings. The summed E-state index contributed by atoms with van der Waals surface area (Å²) >= 11 is 5.45. The molecule has 0 fully saturated rings. The lowest BCUT2D eigenvalue weighted by molar-refractivity contribution is -0.137. The number of nitrogens with zero attached hydrogens (tertiary/aromatic N) is 3. The van der Waals surface area contributed by atoms with E-state index in [0.29, 0.717) is 6.07 Å². The van der Waals surface area contributed by atoms with Crippen molar-refractivity contribution in [2.24, 2.45) is 5.11 Å². The number of azide groups is 1. The van der Waals surface area contributed by atoms with E-state index in [1.54, 1.807) is 0 Å². The smallest absolute Gasteiger partial charge is 0.390 e. The second-order valence-electron chi connectivity index (χ2n) is 3.99. The van der Waals surface area contributed by atoms with Gasteiger partial charge in [-0.25, -0.2) is 0 Å². The van der Waals surface area contributed by atoms with Gasteiger partial charge in [0.1, 0.15) is 6.10 Å². The molecule has 0 aromatic heterocycles. The van der Waals surface area contributed by atoms with Gasteiger partial charge in [-0.2, -0.15) is 13.2 Å². The van der Waals surface area contributed by atoms with Gasteiger partial charge in [-0.05, 0) is 29.6 Å². The molecular formula is C11H11ClF3N3O2. The largest absolute Gasteiger partial charge is 0.417 e. The van der Waals surface area contributed by atoms with Crippen molar-refractivity contribution in [3.8, 4) is 0 Å². The summed E-state index contributed by atoms with van der Waals surface area (Å²) in [6.45, 7) is -0.0750. The Morgan fingerprint density at radius 3 is 2.55 bits per heavy atom. The Morgan fingerprint density at radius 1 is 1.35 bits per heavy atom. The molecule has 0 saturated heterocycles. The average molecular weight is 310 g/mol. The fourth-order valence-electron chi connectivity index (χ4n) is 1.56. The van der Waals surface area contributed by atoms with Crippen molar-refractivity contribution in [3.63, 3.8) is 0 Å². The lowest BCUT2D eigenvalue weighted by Gasteiger charge is -2.19. The quantitative estimate of drug-likeness (QED) is 0.495. The van der Waals surface area contributed by atoms with Gasteiger partial charge in [0.2, 0.25) is 0 Å². The number of hydrogen-bond donors (Lipinski definition) is 2. The van der Waals surface area contributed by atoms with Crippen LogP contribution in [0.4, 0.5) is 13.2 Å². The Morgan fingerprint density at radius 2 is 2.00 bits per heavy atom. The van der Waals surface area contributed by atoms with Crippen LogP contribution < -0.4 is 0 Å². The van der Waals surface area contributed by atoms with Gasteiger partial charge in [-0.15, -0.1) is 0 Å². The molecule has 0 heterocycles. The predicted molar refractivity (Wildman–Crippen MR) is 66.1 cm³/mol. The molecule has 110 valence electrons. The van der Waals surface area contributed by atoms with Gasteiger partial charge < -0.3 is 10.2 Å². The van der Waals surface area contributed by atoms with Crippen LogP contribution in [0, 0.1) is 0 Å². The molecule has 0 aliphatic carbocycles. The van der Waals surface area contributed by atoms with Gasteiger partial charge in [-0.1, -0.05) is 22.8 Å². The molecule has 2 N–H and O–H groups in total. The zero-order valence-electron chi connectivity index (χ0n) is 10.0. The van der Waals surface area contributed by atoms with Crippen LogP contribution in [0.5, 0.6) is 0 Å². The number of aliphatic hydroxyl groups excluding tert-OH is 2. The van der Waals surface area contributed by atoms with Crippen LogP contribution in [0.3, 0.4) is 0 Å². The van der Waals surface area contributed by atoms with Crippen LogP contribution in [0.15, 0.2) is 23.3 Å². The zero-order valence-corrected chi connectivity index (χ0v) is 10.8. The first kappa shape index (κ1) is 16.6. The van der Waals surface area contributed by atoms with Gasteiger partial charge in [0.15, 0.2) is 0 Å². The molecule has 0 aliphatic heterocycles. The fourth-order valence-corrected chi connectivity index (χ4v) is 1.78. The molecule has 0 aliphatic rings. The molecule has 0 bridgehead atoms. The van der Waals surface area contributed by atoms with E-state index in [0.717, 1.165) is 6.07 Å². The lowest BCUT2D eigenvalue weighted by atomic mass is 10.00. The summed E-state index contributed by atoms with van der Waals surface area (Å²) in [5.74, 6) is 0. The molecule has 5 nitrogen and oxygen atoms in total. The third kappa shape index (κ3) is 4.28. The van der Waals surface area contributed by atoms with Crippen molar-refractivity contribution in [1.82, 2.24) is 0 Å². The van der Waals surface area contributed by atoms with E-state index in [2.05, 4.69) is 10.0 Å². The summed E-state index contributed by atoms with van der Waals surface area (Å²) in [6.07, 6.45) is -7.59. The fraction of sp³-hybridized carbons (Fsp3) is 0.455. The Hall–Kier alpha value is -1.47. The summed E-state index contributed by atoms with van der Waals surface area (Å²) in [5.41, 5.74) is 6.86. The normalized spacial score (nSPS) is 14.5. The maximum Gasteiger partial charge on any atom is 0.417 e. The number of aliphatic hydroxyl groups is 2. The van der Waals surface area contributed by atoms with Gasteiger partial charge in [0.05, 0.1) is 16.7 Å². The molecular weight excluding hydrogens is 299 g/mol. The van der Waals surface area contributed by atoms with Gasteiger partial charge in [0, 0.05) is 11.5 Å². The van der Waals surface area contributed by atoms with E-state index < -0.39 is 29.0 Å². The van der Waals surface area contributed by atoms with Crippen LogP contribution >= 0.6 is 11.6 Å².